The predicted octanol–water partition coefficient (Wildman–Crippen LogP) is 4.06. The number of anilines is 1. The highest BCUT2D eigenvalue weighted by atomic mass is 32.1. The highest BCUT2D eigenvalue weighted by molar-refractivity contribution is 7.80. The predicted molar refractivity (Wildman–Crippen MR) is 116 cm³/mol. The standard InChI is InChI=1S/C22H21N3O2S/c1-16-7-5-6-10-20(16)23-22(28)25-24-21(26)15-27-19-13-11-18(12-14-19)17-8-3-2-4-9-17/h2-14H,15H2,1H3,(H,24,26)(H2,23,25,28). The van der Waals surface area contributed by atoms with Gasteiger partial charge in [-0.25, -0.2) is 0 Å². The average molecular weight is 391 g/mol. The fourth-order valence-electron chi connectivity index (χ4n) is 2.55. The Bertz CT molecular complexity index is 944. The van der Waals surface area contributed by atoms with E-state index in [1.807, 2.05) is 85.8 Å². The zero-order chi connectivity index (χ0) is 19.8. The number of carbonyl (C=O) groups is 1. The van der Waals surface area contributed by atoms with Crippen molar-refractivity contribution in [2.45, 2.75) is 6.92 Å². The van der Waals surface area contributed by atoms with E-state index in [0.717, 1.165) is 22.4 Å². The van der Waals surface area contributed by atoms with Gasteiger partial charge in [-0.2, -0.15) is 0 Å². The van der Waals surface area contributed by atoms with Crippen molar-refractivity contribution in [2.75, 3.05) is 11.9 Å². The molecule has 0 atom stereocenters. The maximum Gasteiger partial charge on any atom is 0.276 e. The minimum atomic E-state index is -0.332. The van der Waals surface area contributed by atoms with Gasteiger partial charge in [0.25, 0.3) is 5.91 Å². The van der Waals surface area contributed by atoms with Gasteiger partial charge >= 0.3 is 0 Å². The molecule has 0 radical (unpaired) electrons. The quantitative estimate of drug-likeness (QED) is 0.452. The molecule has 6 heteroatoms. The zero-order valence-electron chi connectivity index (χ0n) is 15.4. The molecular formula is C22H21N3O2S. The van der Waals surface area contributed by atoms with Crippen LogP contribution in [0.1, 0.15) is 5.56 Å². The molecular weight excluding hydrogens is 370 g/mol. The van der Waals surface area contributed by atoms with Crippen molar-refractivity contribution in [1.82, 2.24) is 10.9 Å². The number of aryl methyl sites for hydroxylation is 1. The number of rotatable bonds is 5. The van der Waals surface area contributed by atoms with Crippen molar-refractivity contribution in [3.8, 4) is 16.9 Å². The summed E-state index contributed by atoms with van der Waals surface area (Å²) >= 11 is 5.17. The second-order valence-electron chi connectivity index (χ2n) is 6.12. The van der Waals surface area contributed by atoms with Gasteiger partial charge in [0.1, 0.15) is 5.75 Å². The molecule has 0 aliphatic heterocycles. The molecule has 3 aromatic carbocycles. The first-order valence-electron chi connectivity index (χ1n) is 8.81. The van der Waals surface area contributed by atoms with Crippen LogP contribution in [-0.4, -0.2) is 17.6 Å². The Balaban J connectivity index is 1.43. The number of hydrogen-bond acceptors (Lipinski definition) is 3. The Kier molecular flexibility index (Phi) is 6.59. The van der Waals surface area contributed by atoms with Gasteiger partial charge in [0.15, 0.2) is 11.7 Å². The number of carbonyl (C=O) groups excluding carboxylic acids is 1. The van der Waals surface area contributed by atoms with Crippen LogP contribution in [0.25, 0.3) is 11.1 Å². The third-order valence-electron chi connectivity index (χ3n) is 4.04. The molecule has 3 rings (SSSR count). The molecule has 0 saturated carbocycles. The highest BCUT2D eigenvalue weighted by Gasteiger charge is 2.05. The van der Waals surface area contributed by atoms with Crippen molar-refractivity contribution in [3.63, 3.8) is 0 Å². The first kappa shape index (κ1) is 19.4. The molecule has 0 aliphatic rings. The smallest absolute Gasteiger partial charge is 0.276 e. The van der Waals surface area contributed by atoms with Gasteiger partial charge in [-0.15, -0.1) is 0 Å². The highest BCUT2D eigenvalue weighted by Crippen LogP contribution is 2.21. The first-order valence-corrected chi connectivity index (χ1v) is 9.22. The molecule has 3 N–H and O–H groups in total. The van der Waals surface area contributed by atoms with E-state index in [1.165, 1.54) is 0 Å². The number of nitrogens with one attached hydrogen (secondary N) is 3. The average Bonchev–Trinajstić information content (AvgIpc) is 2.73. The largest absolute Gasteiger partial charge is 0.484 e. The molecule has 0 bridgehead atoms. The van der Waals surface area contributed by atoms with E-state index in [2.05, 4.69) is 16.2 Å². The SMILES string of the molecule is Cc1ccccc1NC(=S)NNC(=O)COc1ccc(-c2ccccc2)cc1. The molecule has 0 heterocycles. The van der Waals surface area contributed by atoms with E-state index >= 15 is 0 Å². The second kappa shape index (κ2) is 9.53. The Morgan fingerprint density at radius 1 is 0.857 bits per heavy atom. The van der Waals surface area contributed by atoms with Gasteiger partial charge in [-0.3, -0.25) is 15.6 Å². The van der Waals surface area contributed by atoms with Crippen molar-refractivity contribution in [2.24, 2.45) is 0 Å². The van der Waals surface area contributed by atoms with Crippen molar-refractivity contribution >= 4 is 28.9 Å². The Labute approximate surface area is 169 Å². The van der Waals surface area contributed by atoms with Crippen molar-refractivity contribution in [1.29, 1.82) is 0 Å². The summed E-state index contributed by atoms with van der Waals surface area (Å²) in [6.07, 6.45) is 0. The van der Waals surface area contributed by atoms with E-state index < -0.39 is 0 Å². The molecule has 1 amide bonds. The topological polar surface area (TPSA) is 62.4 Å². The van der Waals surface area contributed by atoms with Gasteiger partial charge in [-0.1, -0.05) is 60.7 Å². The summed E-state index contributed by atoms with van der Waals surface area (Å²) in [7, 11) is 0. The van der Waals surface area contributed by atoms with E-state index in [1.54, 1.807) is 0 Å². The maximum atomic E-state index is 11.9. The minimum Gasteiger partial charge on any atom is -0.484 e. The van der Waals surface area contributed by atoms with Crippen LogP contribution in [-0.2, 0) is 4.79 Å². The molecule has 0 spiro atoms. The molecule has 0 aromatic heterocycles. The lowest BCUT2D eigenvalue weighted by molar-refractivity contribution is -0.123. The summed E-state index contributed by atoms with van der Waals surface area (Å²) in [5.41, 5.74) is 9.33. The lowest BCUT2D eigenvalue weighted by Gasteiger charge is -2.13. The van der Waals surface area contributed by atoms with Crippen molar-refractivity contribution < 1.29 is 9.53 Å². The fourth-order valence-corrected chi connectivity index (χ4v) is 2.71. The van der Waals surface area contributed by atoms with E-state index in [-0.39, 0.29) is 12.5 Å². The molecule has 5 nitrogen and oxygen atoms in total. The van der Waals surface area contributed by atoms with Crippen molar-refractivity contribution in [3.05, 3.63) is 84.4 Å². The van der Waals surface area contributed by atoms with Crippen LogP contribution in [0.15, 0.2) is 78.9 Å². The van der Waals surface area contributed by atoms with Crippen LogP contribution < -0.4 is 20.9 Å². The third kappa shape index (κ3) is 5.56. The first-order chi connectivity index (χ1) is 13.6. The molecule has 3 aromatic rings. The zero-order valence-corrected chi connectivity index (χ0v) is 16.3. The summed E-state index contributed by atoms with van der Waals surface area (Å²) in [5, 5.41) is 3.33. The Hall–Kier alpha value is -3.38. The van der Waals surface area contributed by atoms with Gasteiger partial charge < -0.3 is 10.1 Å². The molecule has 0 fully saturated rings. The summed E-state index contributed by atoms with van der Waals surface area (Å²) in [4.78, 5) is 11.9. The molecule has 0 aliphatic carbocycles. The van der Waals surface area contributed by atoms with Crippen LogP contribution >= 0.6 is 12.2 Å². The lowest BCUT2D eigenvalue weighted by Crippen LogP contribution is -2.45. The fraction of sp³-hybridized carbons (Fsp3) is 0.0909. The van der Waals surface area contributed by atoms with Crippen LogP contribution in [0.3, 0.4) is 0 Å². The van der Waals surface area contributed by atoms with Crippen LogP contribution in [0.2, 0.25) is 0 Å². The number of para-hydroxylation sites is 1. The minimum absolute atomic E-state index is 0.120. The molecule has 28 heavy (non-hydrogen) atoms. The third-order valence-corrected chi connectivity index (χ3v) is 4.24. The monoisotopic (exact) mass is 391 g/mol. The molecule has 0 saturated heterocycles. The number of benzene rings is 3. The molecule has 142 valence electrons. The number of hydrogen-bond donors (Lipinski definition) is 3. The maximum absolute atomic E-state index is 11.9. The summed E-state index contributed by atoms with van der Waals surface area (Å²) in [6, 6.07) is 25.4. The second-order valence-corrected chi connectivity index (χ2v) is 6.53. The summed E-state index contributed by atoms with van der Waals surface area (Å²) < 4.78 is 5.51. The number of amides is 1. The Morgan fingerprint density at radius 2 is 1.50 bits per heavy atom. The van der Waals surface area contributed by atoms with E-state index in [4.69, 9.17) is 17.0 Å². The van der Waals surface area contributed by atoms with E-state index in [0.29, 0.717) is 10.9 Å². The van der Waals surface area contributed by atoms with Crippen LogP contribution in [0, 0.1) is 6.92 Å². The lowest BCUT2D eigenvalue weighted by atomic mass is 10.1. The number of hydrazine groups is 1. The van der Waals surface area contributed by atoms with Crippen LogP contribution in [0.5, 0.6) is 5.75 Å². The van der Waals surface area contributed by atoms with Gasteiger partial charge in [0, 0.05) is 5.69 Å². The molecule has 0 unspecified atom stereocenters. The number of ether oxygens (including phenoxy) is 1. The van der Waals surface area contributed by atoms with Crippen LogP contribution in [0.4, 0.5) is 5.69 Å². The summed E-state index contributed by atoms with van der Waals surface area (Å²) in [5.74, 6) is 0.288. The summed E-state index contributed by atoms with van der Waals surface area (Å²) in [6.45, 7) is 1.85. The van der Waals surface area contributed by atoms with Gasteiger partial charge in [-0.05, 0) is 54.0 Å². The Morgan fingerprint density at radius 3 is 2.21 bits per heavy atom. The van der Waals surface area contributed by atoms with Gasteiger partial charge in [0.2, 0.25) is 0 Å². The van der Waals surface area contributed by atoms with E-state index in [9.17, 15) is 4.79 Å². The number of thiocarbonyl (C=S) groups is 1. The normalized spacial score (nSPS) is 10.0. The van der Waals surface area contributed by atoms with Gasteiger partial charge in [0.05, 0.1) is 0 Å².